The van der Waals surface area contributed by atoms with Crippen LogP contribution in [0.1, 0.15) is 0 Å². The highest BCUT2D eigenvalue weighted by molar-refractivity contribution is 6.05. The Hall–Kier alpha value is -2.24. The normalized spacial score (nSPS) is 12.7. The van der Waals surface area contributed by atoms with Crippen LogP contribution >= 0.6 is 0 Å². The van der Waals surface area contributed by atoms with Gasteiger partial charge in [0.15, 0.2) is 0 Å². The van der Waals surface area contributed by atoms with Crippen LogP contribution < -0.4 is 9.47 Å². The van der Waals surface area contributed by atoms with Gasteiger partial charge in [0, 0.05) is 16.8 Å². The second-order valence-electron chi connectivity index (χ2n) is 9.14. The molecule has 0 fully saturated rings. The summed E-state index contributed by atoms with van der Waals surface area (Å²) in [6.45, 7) is 3.28. The van der Waals surface area contributed by atoms with Crippen molar-refractivity contribution in [1.82, 2.24) is 0 Å². The molecule has 1 aromatic heterocycles. The topological polar surface area (TPSA) is 31.6 Å². The van der Waals surface area contributed by atoms with Gasteiger partial charge in [-0.15, -0.1) is 0 Å². The van der Waals surface area contributed by atoms with Crippen molar-refractivity contribution < 1.29 is 22.9 Å². The van der Waals surface area contributed by atoms with Gasteiger partial charge in [0.05, 0.1) is 42.3 Å². The fraction of sp³-hybridized carbons (Fsp3) is 0.455. The molecule has 1 heterocycles. The molecule has 0 saturated heterocycles. The van der Waals surface area contributed by atoms with Gasteiger partial charge in [0.2, 0.25) is 0 Å². The van der Waals surface area contributed by atoms with E-state index in [-0.39, 0.29) is 0 Å². The second kappa shape index (κ2) is 7.41. The van der Waals surface area contributed by atoms with Gasteiger partial charge in [-0.05, 0) is 30.3 Å². The van der Waals surface area contributed by atoms with Crippen LogP contribution in [0.4, 0.5) is 0 Å². The lowest BCUT2D eigenvalue weighted by Gasteiger charge is -2.23. The van der Waals surface area contributed by atoms with Crippen LogP contribution in [0.2, 0.25) is 0 Å². The minimum atomic E-state index is 0.680. The number of rotatable bonds is 8. The van der Waals surface area contributed by atoms with Crippen molar-refractivity contribution in [3.63, 3.8) is 0 Å². The molecule has 146 valence electrons. The number of likely N-dealkylation sites (N-methyl/N-ethyl adjacent to an activating group) is 2. The Kier molecular flexibility index (Phi) is 5.36. The molecule has 5 nitrogen and oxygen atoms in total. The summed E-state index contributed by atoms with van der Waals surface area (Å²) in [6.07, 6.45) is 0. The third kappa shape index (κ3) is 5.37. The predicted octanol–water partition coefficient (Wildman–Crippen LogP) is 3.76. The lowest BCUT2D eigenvalue weighted by atomic mass is 10.1. The molecule has 0 spiro atoms. The van der Waals surface area contributed by atoms with Gasteiger partial charge < -0.3 is 22.9 Å². The molecule has 0 aliphatic carbocycles. The number of nitrogens with zero attached hydrogens (tertiary/aromatic N) is 2. The van der Waals surface area contributed by atoms with E-state index in [0.717, 1.165) is 55.5 Å². The van der Waals surface area contributed by atoms with Crippen LogP contribution in [0, 0.1) is 0 Å². The van der Waals surface area contributed by atoms with Crippen LogP contribution in [0.5, 0.6) is 11.5 Å². The molecule has 0 bridgehead atoms. The summed E-state index contributed by atoms with van der Waals surface area (Å²) in [7, 11) is 13.0. The molecule has 27 heavy (non-hydrogen) atoms. The van der Waals surface area contributed by atoms with E-state index in [1.807, 2.05) is 24.3 Å². The summed E-state index contributed by atoms with van der Waals surface area (Å²) >= 11 is 0. The van der Waals surface area contributed by atoms with Gasteiger partial charge in [-0.2, -0.15) is 0 Å². The number of benzene rings is 2. The maximum absolute atomic E-state index is 6.01. The number of furan rings is 1. The number of fused-ring (bicyclic) bond motifs is 3. The fourth-order valence-corrected chi connectivity index (χ4v) is 2.79. The summed E-state index contributed by atoms with van der Waals surface area (Å²) in [4.78, 5) is 0. The fourth-order valence-electron chi connectivity index (χ4n) is 2.79. The highest BCUT2D eigenvalue weighted by Gasteiger charge is 2.12. The van der Waals surface area contributed by atoms with E-state index in [2.05, 4.69) is 54.4 Å². The minimum Gasteiger partial charge on any atom is -0.488 e. The van der Waals surface area contributed by atoms with E-state index in [1.165, 1.54) is 0 Å². The van der Waals surface area contributed by atoms with E-state index < -0.39 is 0 Å². The Balaban J connectivity index is 1.75. The number of ether oxygens (including phenoxy) is 2. The van der Waals surface area contributed by atoms with E-state index in [1.54, 1.807) is 0 Å². The molecule has 3 rings (SSSR count). The Bertz CT molecular complexity index is 917. The molecule has 0 atom stereocenters. The Morgan fingerprint density at radius 3 is 1.81 bits per heavy atom. The van der Waals surface area contributed by atoms with Gasteiger partial charge in [0.25, 0.3) is 0 Å². The first-order valence-corrected chi connectivity index (χ1v) is 9.44. The van der Waals surface area contributed by atoms with Gasteiger partial charge in [0.1, 0.15) is 49.0 Å². The molecule has 0 unspecified atom stereocenters. The number of quaternary nitrogens is 2. The van der Waals surface area contributed by atoms with Crippen molar-refractivity contribution in [3.05, 3.63) is 36.4 Å². The molecule has 0 aliphatic heterocycles. The Morgan fingerprint density at radius 1 is 0.667 bits per heavy atom. The number of hydrogen-bond donors (Lipinski definition) is 0. The zero-order valence-corrected chi connectivity index (χ0v) is 17.4. The van der Waals surface area contributed by atoms with Gasteiger partial charge in [-0.25, -0.2) is 0 Å². The first-order chi connectivity index (χ1) is 12.6. The predicted molar refractivity (Wildman–Crippen MR) is 111 cm³/mol. The maximum atomic E-state index is 6.01. The highest BCUT2D eigenvalue weighted by Crippen LogP contribution is 2.33. The summed E-state index contributed by atoms with van der Waals surface area (Å²) in [5.41, 5.74) is 1.71. The molecule has 2 aromatic carbocycles. The molecular formula is C22H32N2O3+2. The zero-order chi connectivity index (χ0) is 19.7. The summed E-state index contributed by atoms with van der Waals surface area (Å²) in [6, 6.07) is 12.1. The maximum Gasteiger partial charge on any atom is 0.139 e. The first-order valence-electron chi connectivity index (χ1n) is 9.44. The largest absolute Gasteiger partial charge is 0.488 e. The van der Waals surface area contributed by atoms with Crippen molar-refractivity contribution >= 4 is 21.9 Å². The van der Waals surface area contributed by atoms with E-state index in [9.17, 15) is 0 Å². The van der Waals surface area contributed by atoms with Crippen molar-refractivity contribution in [2.45, 2.75) is 0 Å². The van der Waals surface area contributed by atoms with E-state index in [4.69, 9.17) is 13.9 Å². The summed E-state index contributed by atoms with van der Waals surface area (Å²) < 4.78 is 19.6. The van der Waals surface area contributed by atoms with Crippen LogP contribution in [-0.4, -0.2) is 77.6 Å². The molecule has 0 amide bonds. The van der Waals surface area contributed by atoms with Gasteiger partial charge in [-0.3, -0.25) is 0 Å². The third-order valence-electron chi connectivity index (χ3n) is 4.48. The van der Waals surface area contributed by atoms with E-state index >= 15 is 0 Å². The Labute approximate surface area is 161 Å². The standard InChI is InChI=1S/C22H32N2O3/c1-23(2,3)11-13-25-17-8-10-21-20(15-17)19-9-7-18(16-22(19)27-21)26-14-12-24(4,5)6/h7-10,15-16H,11-14H2,1-6H3/q+2. The van der Waals surface area contributed by atoms with Crippen molar-refractivity contribution in [3.8, 4) is 11.5 Å². The molecule has 3 aromatic rings. The average Bonchev–Trinajstić information content (AvgIpc) is 2.89. The van der Waals surface area contributed by atoms with Crippen LogP contribution in [-0.2, 0) is 0 Å². The van der Waals surface area contributed by atoms with Crippen molar-refractivity contribution in [2.24, 2.45) is 0 Å². The second-order valence-corrected chi connectivity index (χ2v) is 9.14. The molecular weight excluding hydrogens is 340 g/mol. The van der Waals surface area contributed by atoms with Gasteiger partial charge >= 0.3 is 0 Å². The first kappa shape index (κ1) is 19.5. The summed E-state index contributed by atoms with van der Waals surface area (Å²) in [5, 5.41) is 2.16. The highest BCUT2D eigenvalue weighted by atomic mass is 16.5. The molecule has 0 saturated carbocycles. The molecule has 0 radical (unpaired) electrons. The minimum absolute atomic E-state index is 0.680. The molecule has 5 heteroatoms. The van der Waals surface area contributed by atoms with E-state index in [0.29, 0.717) is 13.2 Å². The Morgan fingerprint density at radius 2 is 1.22 bits per heavy atom. The monoisotopic (exact) mass is 372 g/mol. The molecule has 0 aliphatic rings. The third-order valence-corrected chi connectivity index (χ3v) is 4.48. The summed E-state index contributed by atoms with van der Waals surface area (Å²) in [5.74, 6) is 1.72. The lowest BCUT2D eigenvalue weighted by Crippen LogP contribution is -2.38. The number of hydrogen-bond acceptors (Lipinski definition) is 3. The smallest absolute Gasteiger partial charge is 0.139 e. The van der Waals surface area contributed by atoms with Crippen molar-refractivity contribution in [2.75, 3.05) is 68.6 Å². The molecule has 0 N–H and O–H groups in total. The van der Waals surface area contributed by atoms with Crippen LogP contribution in [0.15, 0.2) is 40.8 Å². The van der Waals surface area contributed by atoms with Crippen LogP contribution in [0.3, 0.4) is 0 Å². The zero-order valence-electron chi connectivity index (χ0n) is 17.4. The lowest BCUT2D eigenvalue weighted by molar-refractivity contribution is -0.870. The van der Waals surface area contributed by atoms with Crippen molar-refractivity contribution in [1.29, 1.82) is 0 Å². The SMILES string of the molecule is C[N+](C)(C)CCOc1ccc2c(c1)oc1ccc(OCC[N+](C)(C)C)cc12. The van der Waals surface area contributed by atoms with Crippen LogP contribution in [0.25, 0.3) is 21.9 Å². The quantitative estimate of drug-likeness (QED) is 0.564. The van der Waals surface area contributed by atoms with Gasteiger partial charge in [-0.1, -0.05) is 0 Å². The average molecular weight is 373 g/mol.